The lowest BCUT2D eigenvalue weighted by Gasteiger charge is -2.04. The molecule has 0 atom stereocenters. The van der Waals surface area contributed by atoms with Crippen LogP contribution in [0.2, 0.25) is 0 Å². The fourth-order valence-corrected chi connectivity index (χ4v) is 1.88. The summed E-state index contributed by atoms with van der Waals surface area (Å²) in [6.07, 6.45) is 0. The molecule has 0 radical (unpaired) electrons. The zero-order valence-corrected chi connectivity index (χ0v) is 15.2. The molecule has 2 aromatic carbocycles. The molecule has 29 heavy (non-hydrogen) atoms. The van der Waals surface area contributed by atoms with E-state index in [4.69, 9.17) is 5.26 Å². The van der Waals surface area contributed by atoms with E-state index in [9.17, 15) is 31.5 Å². The highest BCUT2D eigenvalue weighted by Gasteiger charge is 2.23. The lowest BCUT2D eigenvalue weighted by Crippen LogP contribution is -2.11. The van der Waals surface area contributed by atoms with E-state index in [1.807, 2.05) is 0 Å². The van der Waals surface area contributed by atoms with Crippen LogP contribution in [0.5, 0.6) is 0 Å². The Morgan fingerprint density at radius 2 is 1.45 bits per heavy atom. The minimum atomic E-state index is -2.03. The molecule has 0 amide bonds. The van der Waals surface area contributed by atoms with Gasteiger partial charge in [0.15, 0.2) is 23.3 Å². The van der Waals surface area contributed by atoms with E-state index in [2.05, 4.69) is 9.47 Å². The van der Waals surface area contributed by atoms with Gasteiger partial charge in [-0.15, -0.1) is 0 Å². The molecule has 0 aliphatic rings. The summed E-state index contributed by atoms with van der Waals surface area (Å²) in [7, 11) is 0. The Kier molecular flexibility index (Phi) is 8.73. The normalized spacial score (nSPS) is 9.72. The molecule has 0 heterocycles. The van der Waals surface area contributed by atoms with Gasteiger partial charge in [0.2, 0.25) is 0 Å². The first kappa shape index (κ1) is 23.6. The first-order valence-corrected chi connectivity index (χ1v) is 8.04. The molecule has 2 aromatic rings. The van der Waals surface area contributed by atoms with Crippen molar-refractivity contribution < 1.29 is 41.0 Å². The Morgan fingerprint density at radius 1 is 0.862 bits per heavy atom. The topological polar surface area (TPSA) is 76.4 Å². The average Bonchev–Trinajstić information content (AvgIpc) is 2.69. The summed E-state index contributed by atoms with van der Waals surface area (Å²) in [4.78, 5) is 22.1. The van der Waals surface area contributed by atoms with Crippen LogP contribution in [-0.4, -0.2) is 25.2 Å². The summed E-state index contributed by atoms with van der Waals surface area (Å²) >= 11 is 0. The van der Waals surface area contributed by atoms with Gasteiger partial charge in [0, 0.05) is 0 Å². The molecule has 0 unspecified atom stereocenters. The second kappa shape index (κ2) is 10.8. The van der Waals surface area contributed by atoms with Crippen LogP contribution in [0.4, 0.5) is 22.0 Å². The van der Waals surface area contributed by atoms with E-state index in [1.165, 1.54) is 19.1 Å². The molecule has 0 saturated heterocycles. The van der Waals surface area contributed by atoms with Gasteiger partial charge in [0.25, 0.3) is 0 Å². The predicted molar refractivity (Wildman–Crippen MR) is 89.3 cm³/mol. The number of ether oxygens (including phenoxy) is 2. The molecule has 0 aliphatic carbocycles. The molecule has 5 nitrogen and oxygen atoms in total. The molecular formula is C19H14F5NO4. The molecule has 154 valence electrons. The Hall–Kier alpha value is -3.48. The maximum Gasteiger partial charge on any atom is 0.341 e. The molecule has 10 heteroatoms. The minimum absolute atomic E-state index is 0.0844. The van der Waals surface area contributed by atoms with E-state index in [0.717, 1.165) is 6.07 Å². The van der Waals surface area contributed by atoms with E-state index >= 15 is 0 Å². The van der Waals surface area contributed by atoms with Gasteiger partial charge in [0.05, 0.1) is 24.3 Å². The standard InChI is InChI=1S/C10H8FNO2.C9H6F4O2/c1-2-14-10(13)7-3-4-8(6-12)9(11)5-7;1-2-15-9(14)4-3-5(10)7(12)8(13)6(4)11/h3-5H,2H2,1H3;3H,2H2,1H3. The largest absolute Gasteiger partial charge is 0.462 e. The zero-order chi connectivity index (χ0) is 22.1. The van der Waals surface area contributed by atoms with Gasteiger partial charge in [-0.3, -0.25) is 0 Å². The molecule has 2 rings (SSSR count). The summed E-state index contributed by atoms with van der Waals surface area (Å²) in [5.74, 6) is -9.93. The Morgan fingerprint density at radius 3 is 1.97 bits per heavy atom. The number of hydrogen-bond donors (Lipinski definition) is 0. The van der Waals surface area contributed by atoms with E-state index in [1.54, 1.807) is 13.0 Å². The summed E-state index contributed by atoms with van der Waals surface area (Å²) in [6.45, 7) is 3.25. The lowest BCUT2D eigenvalue weighted by molar-refractivity contribution is 0.0512. The van der Waals surface area contributed by atoms with Gasteiger partial charge in [0.1, 0.15) is 17.4 Å². The van der Waals surface area contributed by atoms with Gasteiger partial charge in [-0.05, 0) is 38.1 Å². The van der Waals surface area contributed by atoms with Crippen LogP contribution in [0.1, 0.15) is 40.1 Å². The van der Waals surface area contributed by atoms with Gasteiger partial charge in [-0.1, -0.05) is 0 Å². The fraction of sp³-hybridized carbons (Fsp3) is 0.211. The molecule has 0 fully saturated rings. The zero-order valence-electron chi connectivity index (χ0n) is 15.2. The van der Waals surface area contributed by atoms with Crippen LogP contribution < -0.4 is 0 Å². The number of benzene rings is 2. The van der Waals surface area contributed by atoms with Gasteiger partial charge in [-0.25, -0.2) is 31.5 Å². The summed E-state index contributed by atoms with van der Waals surface area (Å²) in [5.41, 5.74) is -0.936. The van der Waals surface area contributed by atoms with Crippen molar-refractivity contribution in [1.29, 1.82) is 5.26 Å². The summed E-state index contributed by atoms with van der Waals surface area (Å²) in [6, 6.07) is 5.53. The van der Waals surface area contributed by atoms with E-state index < -0.39 is 46.6 Å². The van der Waals surface area contributed by atoms with Gasteiger partial charge >= 0.3 is 11.9 Å². The second-order valence-corrected chi connectivity index (χ2v) is 5.10. The van der Waals surface area contributed by atoms with Gasteiger partial charge < -0.3 is 9.47 Å². The molecule has 0 aliphatic heterocycles. The maximum absolute atomic E-state index is 13.0. The monoisotopic (exact) mass is 415 g/mol. The van der Waals surface area contributed by atoms with Crippen molar-refractivity contribution in [2.45, 2.75) is 13.8 Å². The average molecular weight is 415 g/mol. The van der Waals surface area contributed by atoms with E-state index in [0.29, 0.717) is 0 Å². The van der Waals surface area contributed by atoms with Crippen LogP contribution in [0.3, 0.4) is 0 Å². The fourth-order valence-electron chi connectivity index (χ4n) is 1.88. The van der Waals surface area contributed by atoms with Gasteiger partial charge in [-0.2, -0.15) is 5.26 Å². The number of nitrogens with zero attached hydrogens (tertiary/aromatic N) is 1. The minimum Gasteiger partial charge on any atom is -0.462 e. The van der Waals surface area contributed by atoms with Crippen LogP contribution in [0.25, 0.3) is 0 Å². The third-order valence-corrected chi connectivity index (χ3v) is 3.20. The van der Waals surface area contributed by atoms with Crippen LogP contribution in [-0.2, 0) is 9.47 Å². The van der Waals surface area contributed by atoms with Crippen LogP contribution >= 0.6 is 0 Å². The highest BCUT2D eigenvalue weighted by Crippen LogP contribution is 2.19. The van der Waals surface area contributed by atoms with Crippen molar-refractivity contribution in [2.24, 2.45) is 0 Å². The first-order chi connectivity index (χ1) is 13.7. The molecule has 0 aromatic heterocycles. The third kappa shape index (κ3) is 6.00. The number of nitriles is 1. The molecular weight excluding hydrogens is 401 g/mol. The Bertz CT molecular complexity index is 957. The predicted octanol–water partition coefficient (Wildman–Crippen LogP) is 4.29. The highest BCUT2D eigenvalue weighted by molar-refractivity contribution is 5.90. The van der Waals surface area contributed by atoms with Crippen LogP contribution in [0, 0.1) is 40.4 Å². The quantitative estimate of drug-likeness (QED) is 0.322. The smallest absolute Gasteiger partial charge is 0.341 e. The van der Waals surface area contributed by atoms with Crippen molar-refractivity contribution in [3.05, 3.63) is 70.0 Å². The highest BCUT2D eigenvalue weighted by atomic mass is 19.2. The number of carbonyl (C=O) groups is 2. The van der Waals surface area contributed by atoms with Crippen molar-refractivity contribution in [3.63, 3.8) is 0 Å². The van der Waals surface area contributed by atoms with E-state index in [-0.39, 0.29) is 30.4 Å². The number of halogens is 5. The van der Waals surface area contributed by atoms with Crippen molar-refractivity contribution in [2.75, 3.05) is 13.2 Å². The molecule has 0 bridgehead atoms. The maximum atomic E-state index is 13.0. The molecule has 0 spiro atoms. The van der Waals surface area contributed by atoms with Crippen LogP contribution in [0.15, 0.2) is 24.3 Å². The Labute approximate surface area is 162 Å². The van der Waals surface area contributed by atoms with Crippen molar-refractivity contribution in [1.82, 2.24) is 0 Å². The molecule has 0 saturated carbocycles. The van der Waals surface area contributed by atoms with Crippen molar-refractivity contribution >= 4 is 11.9 Å². The summed E-state index contributed by atoms with van der Waals surface area (Å²) in [5, 5.41) is 8.45. The summed E-state index contributed by atoms with van der Waals surface area (Å²) < 4.78 is 72.7. The Balaban J connectivity index is 0.000000291. The lowest BCUT2D eigenvalue weighted by atomic mass is 10.1. The van der Waals surface area contributed by atoms with Crippen molar-refractivity contribution in [3.8, 4) is 6.07 Å². The second-order valence-electron chi connectivity index (χ2n) is 5.10. The molecule has 0 N–H and O–H groups in total. The first-order valence-electron chi connectivity index (χ1n) is 8.04. The SMILES string of the molecule is CCOC(=O)c1cc(F)c(F)c(F)c1F.CCOC(=O)c1ccc(C#N)c(F)c1. The number of hydrogen-bond acceptors (Lipinski definition) is 5. The number of carbonyl (C=O) groups excluding carboxylic acids is 2. The number of rotatable bonds is 4. The number of esters is 2. The third-order valence-electron chi connectivity index (χ3n) is 3.20.